The highest BCUT2D eigenvalue weighted by atomic mass is 127. The molecular weight excluding hydrogens is 334 g/mol. The molecule has 1 aliphatic rings. The second kappa shape index (κ2) is 4.70. The van der Waals surface area contributed by atoms with Crippen molar-refractivity contribution in [3.05, 3.63) is 0 Å². The Kier molecular flexibility index (Phi) is 4.13. The van der Waals surface area contributed by atoms with Gasteiger partial charge in [0.15, 0.2) is 0 Å². The zero-order valence-electron chi connectivity index (χ0n) is 9.27. The van der Waals surface area contributed by atoms with Crippen LogP contribution in [-0.2, 0) is 4.79 Å². The van der Waals surface area contributed by atoms with E-state index in [1.807, 2.05) is 36.4 Å². The lowest BCUT2D eigenvalue weighted by Gasteiger charge is -2.43. The zero-order chi connectivity index (χ0) is 12.6. The number of nitrogens with zero attached hydrogens (tertiary/aromatic N) is 1. The standard InChI is InChI=1S/C10H15F3INO/c1-9(2)4-3-7(5-14)15(6-9)8(16)10(11,12)13/h7H,3-6H2,1-2H3. The van der Waals surface area contributed by atoms with Gasteiger partial charge in [-0.25, -0.2) is 0 Å². The number of amides is 1. The van der Waals surface area contributed by atoms with Gasteiger partial charge in [0.2, 0.25) is 0 Å². The molecule has 1 aliphatic heterocycles. The Morgan fingerprint density at radius 2 is 2.06 bits per heavy atom. The molecular formula is C10H15F3INO. The van der Waals surface area contributed by atoms with Crippen molar-refractivity contribution in [1.82, 2.24) is 4.90 Å². The molecule has 1 atom stereocenters. The smallest absolute Gasteiger partial charge is 0.331 e. The topological polar surface area (TPSA) is 20.3 Å². The van der Waals surface area contributed by atoms with Crippen molar-refractivity contribution in [3.8, 4) is 0 Å². The molecule has 0 aromatic rings. The Labute approximate surface area is 107 Å². The summed E-state index contributed by atoms with van der Waals surface area (Å²) in [6.45, 7) is 3.99. The lowest BCUT2D eigenvalue weighted by molar-refractivity contribution is -0.190. The van der Waals surface area contributed by atoms with Gasteiger partial charge in [0.25, 0.3) is 0 Å². The van der Waals surface area contributed by atoms with E-state index in [2.05, 4.69) is 0 Å². The van der Waals surface area contributed by atoms with Gasteiger partial charge in [0, 0.05) is 17.0 Å². The molecule has 1 unspecified atom stereocenters. The molecule has 0 N–H and O–H groups in total. The van der Waals surface area contributed by atoms with Crippen molar-refractivity contribution in [2.45, 2.75) is 38.9 Å². The van der Waals surface area contributed by atoms with Gasteiger partial charge < -0.3 is 4.90 Å². The average Bonchev–Trinajstić information content (AvgIpc) is 2.14. The second-order valence-corrected chi connectivity index (χ2v) is 5.82. The van der Waals surface area contributed by atoms with E-state index in [0.29, 0.717) is 10.8 Å². The summed E-state index contributed by atoms with van der Waals surface area (Å²) >= 11 is 2.03. The fourth-order valence-corrected chi connectivity index (χ4v) is 2.86. The molecule has 0 aliphatic carbocycles. The second-order valence-electron chi connectivity index (χ2n) is 4.94. The van der Waals surface area contributed by atoms with Crippen molar-refractivity contribution in [2.75, 3.05) is 11.0 Å². The van der Waals surface area contributed by atoms with Gasteiger partial charge in [-0.1, -0.05) is 36.4 Å². The van der Waals surface area contributed by atoms with E-state index in [-0.39, 0.29) is 18.0 Å². The van der Waals surface area contributed by atoms with Crippen LogP contribution in [0, 0.1) is 5.41 Å². The maximum atomic E-state index is 12.4. The highest BCUT2D eigenvalue weighted by Crippen LogP contribution is 2.34. The van der Waals surface area contributed by atoms with Gasteiger partial charge >= 0.3 is 12.1 Å². The lowest BCUT2D eigenvalue weighted by atomic mass is 9.81. The summed E-state index contributed by atoms with van der Waals surface area (Å²) in [6, 6.07) is -0.275. The molecule has 0 spiro atoms. The van der Waals surface area contributed by atoms with Gasteiger partial charge in [-0.2, -0.15) is 13.2 Å². The maximum Gasteiger partial charge on any atom is 0.471 e. The minimum atomic E-state index is -4.75. The molecule has 1 saturated heterocycles. The van der Waals surface area contributed by atoms with Crippen molar-refractivity contribution >= 4 is 28.5 Å². The average molecular weight is 349 g/mol. The molecule has 0 aromatic carbocycles. The van der Waals surface area contributed by atoms with Crippen LogP contribution in [0.15, 0.2) is 0 Å². The lowest BCUT2D eigenvalue weighted by Crippen LogP contribution is -2.54. The van der Waals surface area contributed by atoms with Crippen LogP contribution in [0.4, 0.5) is 13.2 Å². The van der Waals surface area contributed by atoms with Crippen molar-refractivity contribution in [3.63, 3.8) is 0 Å². The molecule has 1 heterocycles. The molecule has 1 rings (SSSR count). The number of rotatable bonds is 1. The van der Waals surface area contributed by atoms with Crippen LogP contribution >= 0.6 is 22.6 Å². The van der Waals surface area contributed by atoms with E-state index in [9.17, 15) is 18.0 Å². The van der Waals surface area contributed by atoms with Gasteiger partial charge in [0.1, 0.15) is 0 Å². The van der Waals surface area contributed by atoms with Gasteiger partial charge in [-0.15, -0.1) is 0 Å². The Balaban J connectivity index is 2.85. The molecule has 1 fully saturated rings. The summed E-state index contributed by atoms with van der Waals surface area (Å²) in [7, 11) is 0. The van der Waals surface area contributed by atoms with Gasteiger partial charge in [-0.05, 0) is 18.3 Å². The van der Waals surface area contributed by atoms with Crippen molar-refractivity contribution < 1.29 is 18.0 Å². The minimum absolute atomic E-state index is 0.193. The van der Waals surface area contributed by atoms with Crippen LogP contribution in [-0.4, -0.2) is 34.0 Å². The number of halogens is 4. The van der Waals surface area contributed by atoms with E-state index in [1.54, 1.807) is 0 Å². The maximum absolute atomic E-state index is 12.4. The fourth-order valence-electron chi connectivity index (χ4n) is 1.94. The number of hydrogen-bond acceptors (Lipinski definition) is 1. The van der Waals surface area contributed by atoms with E-state index < -0.39 is 12.1 Å². The third-order valence-electron chi connectivity index (χ3n) is 2.87. The van der Waals surface area contributed by atoms with Crippen LogP contribution in [0.3, 0.4) is 0 Å². The number of hydrogen-bond donors (Lipinski definition) is 0. The molecule has 94 valence electrons. The Morgan fingerprint density at radius 3 is 2.50 bits per heavy atom. The van der Waals surface area contributed by atoms with Crippen molar-refractivity contribution in [1.29, 1.82) is 0 Å². The quantitative estimate of drug-likeness (QED) is 0.527. The largest absolute Gasteiger partial charge is 0.471 e. The van der Waals surface area contributed by atoms with Crippen LogP contribution in [0.5, 0.6) is 0 Å². The molecule has 0 radical (unpaired) electrons. The van der Waals surface area contributed by atoms with E-state index in [4.69, 9.17) is 0 Å². The van der Waals surface area contributed by atoms with Gasteiger partial charge in [-0.3, -0.25) is 4.79 Å². The Morgan fingerprint density at radius 1 is 1.50 bits per heavy atom. The van der Waals surface area contributed by atoms with Crippen LogP contribution in [0.1, 0.15) is 26.7 Å². The summed E-state index contributed by atoms with van der Waals surface area (Å²) < 4.78 is 37.8. The molecule has 1 amide bonds. The number of piperidine rings is 1. The number of alkyl halides is 4. The Hall–Kier alpha value is -0.0100. The summed E-state index contributed by atoms with van der Waals surface area (Å²) in [5, 5.41) is 0. The first-order valence-corrected chi connectivity index (χ1v) is 6.64. The van der Waals surface area contributed by atoms with Crippen LogP contribution < -0.4 is 0 Å². The molecule has 2 nitrogen and oxygen atoms in total. The highest BCUT2D eigenvalue weighted by Gasteiger charge is 2.47. The molecule has 6 heteroatoms. The van der Waals surface area contributed by atoms with E-state index in [1.165, 1.54) is 0 Å². The zero-order valence-corrected chi connectivity index (χ0v) is 11.4. The summed E-state index contributed by atoms with van der Waals surface area (Å²) in [6.07, 6.45) is -3.24. The summed E-state index contributed by atoms with van der Waals surface area (Å²) in [5.74, 6) is -1.69. The monoisotopic (exact) mass is 349 g/mol. The molecule has 0 aromatic heterocycles. The highest BCUT2D eigenvalue weighted by molar-refractivity contribution is 14.1. The van der Waals surface area contributed by atoms with Gasteiger partial charge in [0.05, 0.1) is 0 Å². The number of likely N-dealkylation sites (tertiary alicyclic amines) is 1. The number of carbonyl (C=O) groups is 1. The summed E-state index contributed by atoms with van der Waals surface area (Å²) in [5.41, 5.74) is -0.219. The predicted octanol–water partition coefficient (Wildman–Crippen LogP) is 3.00. The SMILES string of the molecule is CC1(C)CCC(CI)N(C(=O)C(F)(F)F)C1. The summed E-state index contributed by atoms with van der Waals surface area (Å²) in [4.78, 5) is 12.3. The first-order chi connectivity index (χ1) is 7.17. The predicted molar refractivity (Wildman–Crippen MR) is 63.5 cm³/mol. The first kappa shape index (κ1) is 14.1. The third kappa shape index (κ3) is 3.24. The number of carbonyl (C=O) groups excluding carboxylic acids is 1. The molecule has 0 bridgehead atoms. The molecule has 0 saturated carbocycles. The first-order valence-electron chi connectivity index (χ1n) is 5.11. The molecule has 16 heavy (non-hydrogen) atoms. The van der Waals surface area contributed by atoms with Crippen LogP contribution in [0.2, 0.25) is 0 Å². The van der Waals surface area contributed by atoms with E-state index >= 15 is 0 Å². The minimum Gasteiger partial charge on any atom is -0.331 e. The van der Waals surface area contributed by atoms with E-state index in [0.717, 1.165) is 11.3 Å². The third-order valence-corrected chi connectivity index (χ3v) is 3.89. The normalized spacial score (nSPS) is 25.6. The van der Waals surface area contributed by atoms with Crippen molar-refractivity contribution in [2.24, 2.45) is 5.41 Å². The van der Waals surface area contributed by atoms with Crippen LogP contribution in [0.25, 0.3) is 0 Å². The Bertz CT molecular complexity index is 278. The fraction of sp³-hybridized carbons (Fsp3) is 0.900.